The summed E-state index contributed by atoms with van der Waals surface area (Å²) in [7, 11) is 1.52. The van der Waals surface area contributed by atoms with E-state index in [9.17, 15) is 4.39 Å². The highest BCUT2D eigenvalue weighted by molar-refractivity contribution is 5.92. The maximum absolute atomic E-state index is 11.7. The number of hydrogen-bond acceptors (Lipinski definition) is 3. The first-order valence-electron chi connectivity index (χ1n) is 3.86. The van der Waals surface area contributed by atoms with Crippen LogP contribution in [0.25, 0.3) is 0 Å². The van der Waals surface area contributed by atoms with E-state index >= 15 is 0 Å². The van der Waals surface area contributed by atoms with Crippen molar-refractivity contribution in [1.82, 2.24) is 0 Å². The van der Waals surface area contributed by atoms with Gasteiger partial charge in [0.25, 0.3) is 5.90 Å². The quantitative estimate of drug-likeness (QED) is 0.644. The molecule has 0 saturated heterocycles. The molecule has 0 aliphatic carbocycles. The Morgan fingerprint density at radius 3 is 3.17 bits per heavy atom. The Hall–Kier alpha value is -1.06. The average molecular weight is 173 g/mol. The van der Waals surface area contributed by atoms with Crippen LogP contribution in [-0.4, -0.2) is 32.8 Å². The van der Waals surface area contributed by atoms with Gasteiger partial charge < -0.3 is 9.47 Å². The normalized spacial score (nSPS) is 16.5. The highest BCUT2D eigenvalue weighted by Gasteiger charge is 2.11. The van der Waals surface area contributed by atoms with Crippen LogP contribution in [0.4, 0.5) is 4.39 Å². The molecular formula is C8H12FNO2. The molecule has 1 rings (SSSR count). The number of alkyl halides is 1. The molecule has 1 aliphatic heterocycles. The first-order valence-corrected chi connectivity index (χ1v) is 3.86. The zero-order chi connectivity index (χ0) is 8.81. The summed E-state index contributed by atoms with van der Waals surface area (Å²) >= 11 is 0. The van der Waals surface area contributed by atoms with E-state index < -0.39 is 6.67 Å². The molecule has 0 N–H and O–H groups in total. The molecule has 68 valence electrons. The molecule has 0 aromatic carbocycles. The van der Waals surface area contributed by atoms with Crippen LogP contribution in [0.5, 0.6) is 0 Å². The van der Waals surface area contributed by atoms with Crippen LogP contribution in [0.3, 0.4) is 0 Å². The molecule has 0 aromatic heterocycles. The van der Waals surface area contributed by atoms with Gasteiger partial charge >= 0.3 is 0 Å². The number of halogens is 1. The molecular weight excluding hydrogens is 161 g/mol. The fourth-order valence-corrected chi connectivity index (χ4v) is 0.961. The second-order valence-electron chi connectivity index (χ2n) is 2.29. The van der Waals surface area contributed by atoms with Gasteiger partial charge in [-0.2, -0.15) is 0 Å². The van der Waals surface area contributed by atoms with E-state index in [1.165, 1.54) is 7.11 Å². The van der Waals surface area contributed by atoms with Crippen LogP contribution in [0.15, 0.2) is 16.8 Å². The molecule has 12 heavy (non-hydrogen) atoms. The second kappa shape index (κ2) is 4.74. The molecule has 0 bridgehead atoms. The summed E-state index contributed by atoms with van der Waals surface area (Å²) < 4.78 is 21.7. The van der Waals surface area contributed by atoms with E-state index in [2.05, 4.69) is 4.99 Å². The van der Waals surface area contributed by atoms with Crippen molar-refractivity contribution < 1.29 is 13.9 Å². The number of ether oxygens (including phenoxy) is 2. The number of aliphatic imine (C=N–C) groups is 1. The summed E-state index contributed by atoms with van der Waals surface area (Å²) in [6.07, 6.45) is 2.69. The summed E-state index contributed by atoms with van der Waals surface area (Å²) in [5.41, 5.74) is 0. The molecule has 0 saturated carbocycles. The molecule has 3 nitrogen and oxygen atoms in total. The molecule has 0 aromatic rings. The molecule has 0 spiro atoms. The Labute approximate surface area is 70.9 Å². The van der Waals surface area contributed by atoms with Crippen molar-refractivity contribution in [1.29, 1.82) is 0 Å². The average Bonchev–Trinajstić information content (AvgIpc) is 2.15. The summed E-state index contributed by atoms with van der Waals surface area (Å²) in [5, 5.41) is 0. The Kier molecular flexibility index (Phi) is 3.57. The number of nitrogens with zero attached hydrogens (tertiary/aromatic N) is 1. The largest absolute Gasteiger partial charge is 0.486 e. The van der Waals surface area contributed by atoms with Gasteiger partial charge in [-0.05, 0) is 12.5 Å². The molecule has 1 heterocycles. The van der Waals surface area contributed by atoms with Gasteiger partial charge in [-0.3, -0.25) is 0 Å². The number of methoxy groups -OCH3 is 1. The van der Waals surface area contributed by atoms with Gasteiger partial charge in [0.05, 0.1) is 7.11 Å². The Morgan fingerprint density at radius 1 is 1.67 bits per heavy atom. The van der Waals surface area contributed by atoms with Gasteiger partial charge in [-0.15, -0.1) is 0 Å². The highest BCUT2D eigenvalue weighted by atomic mass is 19.1. The lowest BCUT2D eigenvalue weighted by Crippen LogP contribution is -2.14. The standard InChI is InChI=1S/C8H12FNO2/c1-11-8-7(12-6-4-9)3-2-5-10-8/h3H,2,4-6H2,1H3. The Balaban J connectivity index is 2.49. The van der Waals surface area contributed by atoms with Crippen molar-refractivity contribution in [3.05, 3.63) is 11.8 Å². The molecule has 0 amide bonds. The third-order valence-electron chi connectivity index (χ3n) is 1.45. The number of rotatable bonds is 3. The fraction of sp³-hybridized carbons (Fsp3) is 0.625. The van der Waals surface area contributed by atoms with E-state index in [-0.39, 0.29) is 6.61 Å². The van der Waals surface area contributed by atoms with Gasteiger partial charge in [0, 0.05) is 6.54 Å². The van der Waals surface area contributed by atoms with Crippen LogP contribution in [-0.2, 0) is 9.47 Å². The fourth-order valence-electron chi connectivity index (χ4n) is 0.961. The van der Waals surface area contributed by atoms with Gasteiger partial charge in [-0.1, -0.05) is 0 Å². The highest BCUT2D eigenvalue weighted by Crippen LogP contribution is 2.09. The van der Waals surface area contributed by atoms with Crippen LogP contribution < -0.4 is 0 Å². The van der Waals surface area contributed by atoms with Crippen LogP contribution in [0.2, 0.25) is 0 Å². The predicted octanol–water partition coefficient (Wildman–Crippen LogP) is 1.30. The van der Waals surface area contributed by atoms with Gasteiger partial charge in [0.1, 0.15) is 13.3 Å². The Morgan fingerprint density at radius 2 is 2.50 bits per heavy atom. The maximum atomic E-state index is 11.7. The first kappa shape index (κ1) is 9.03. The van der Waals surface area contributed by atoms with Crippen molar-refractivity contribution in [2.75, 3.05) is 26.9 Å². The molecule has 4 heteroatoms. The van der Waals surface area contributed by atoms with Crippen molar-refractivity contribution in [2.45, 2.75) is 6.42 Å². The van der Waals surface area contributed by atoms with Crippen molar-refractivity contribution in [3.8, 4) is 0 Å². The summed E-state index contributed by atoms with van der Waals surface area (Å²) in [6.45, 7) is 0.286. The summed E-state index contributed by atoms with van der Waals surface area (Å²) in [4.78, 5) is 4.06. The van der Waals surface area contributed by atoms with Gasteiger partial charge in [0.15, 0.2) is 5.76 Å². The van der Waals surface area contributed by atoms with E-state index in [1.54, 1.807) is 0 Å². The molecule has 0 atom stereocenters. The van der Waals surface area contributed by atoms with Crippen molar-refractivity contribution in [3.63, 3.8) is 0 Å². The van der Waals surface area contributed by atoms with Crippen LogP contribution in [0.1, 0.15) is 6.42 Å². The van der Waals surface area contributed by atoms with Gasteiger partial charge in [-0.25, -0.2) is 9.38 Å². The second-order valence-corrected chi connectivity index (χ2v) is 2.29. The van der Waals surface area contributed by atoms with Crippen LogP contribution in [0, 0.1) is 0 Å². The van der Waals surface area contributed by atoms with Crippen molar-refractivity contribution >= 4 is 5.90 Å². The van der Waals surface area contributed by atoms with E-state index in [4.69, 9.17) is 9.47 Å². The minimum Gasteiger partial charge on any atom is -0.486 e. The summed E-state index contributed by atoms with van der Waals surface area (Å²) in [5.74, 6) is 1.02. The van der Waals surface area contributed by atoms with Crippen molar-refractivity contribution in [2.24, 2.45) is 4.99 Å². The number of dihydropyridines is 1. The summed E-state index contributed by atoms with van der Waals surface area (Å²) in [6, 6.07) is 0. The zero-order valence-electron chi connectivity index (χ0n) is 7.05. The molecule has 0 unspecified atom stereocenters. The lowest BCUT2D eigenvalue weighted by Gasteiger charge is -2.13. The maximum Gasteiger partial charge on any atom is 0.251 e. The zero-order valence-corrected chi connectivity index (χ0v) is 7.05. The molecule has 0 fully saturated rings. The molecule has 0 radical (unpaired) electrons. The van der Waals surface area contributed by atoms with Gasteiger partial charge in [0.2, 0.25) is 0 Å². The minimum atomic E-state index is -0.492. The van der Waals surface area contributed by atoms with E-state index in [1.807, 2.05) is 6.08 Å². The van der Waals surface area contributed by atoms with E-state index in [0.29, 0.717) is 18.2 Å². The smallest absolute Gasteiger partial charge is 0.251 e. The first-order chi connectivity index (χ1) is 5.88. The topological polar surface area (TPSA) is 30.8 Å². The lowest BCUT2D eigenvalue weighted by molar-refractivity contribution is 0.190. The monoisotopic (exact) mass is 173 g/mol. The lowest BCUT2D eigenvalue weighted by atomic mass is 10.3. The Bertz CT molecular complexity index is 201. The third-order valence-corrected chi connectivity index (χ3v) is 1.45. The molecule has 1 aliphatic rings. The minimum absolute atomic E-state index is 0.0637. The van der Waals surface area contributed by atoms with Crippen LogP contribution >= 0.6 is 0 Å². The third kappa shape index (κ3) is 2.22. The SMILES string of the molecule is COC1=NCCC=C1OCCF. The number of hydrogen-bond donors (Lipinski definition) is 0. The predicted molar refractivity (Wildman–Crippen MR) is 43.9 cm³/mol. The van der Waals surface area contributed by atoms with E-state index in [0.717, 1.165) is 6.42 Å².